The third-order valence-corrected chi connectivity index (χ3v) is 3.01. The number of hydrogen-bond donors (Lipinski definition) is 1. The highest BCUT2D eigenvalue weighted by molar-refractivity contribution is 5.10. The van der Waals surface area contributed by atoms with Gasteiger partial charge in [-0.25, -0.2) is 0 Å². The molecule has 1 N–H and O–H groups in total. The summed E-state index contributed by atoms with van der Waals surface area (Å²) in [6, 6.07) is 2.51. The molecular weight excluding hydrogens is 162 g/mol. The van der Waals surface area contributed by atoms with Gasteiger partial charge in [-0.15, -0.1) is 0 Å². The lowest BCUT2D eigenvalue weighted by Gasteiger charge is -2.40. The van der Waals surface area contributed by atoms with Crippen LogP contribution >= 0.6 is 0 Å². The monoisotopic (exact) mass is 181 g/mol. The van der Waals surface area contributed by atoms with Gasteiger partial charge in [-0.1, -0.05) is 13.8 Å². The number of nitrogens with zero attached hydrogens (tertiary/aromatic N) is 2. The van der Waals surface area contributed by atoms with Crippen molar-refractivity contribution in [3.63, 3.8) is 0 Å². The minimum absolute atomic E-state index is 0.186. The van der Waals surface area contributed by atoms with Crippen molar-refractivity contribution < 1.29 is 0 Å². The molecule has 0 unspecified atom stereocenters. The van der Waals surface area contributed by atoms with Crippen molar-refractivity contribution in [2.24, 2.45) is 0 Å². The third kappa shape index (κ3) is 2.01. The van der Waals surface area contributed by atoms with Gasteiger partial charge in [0.15, 0.2) is 0 Å². The standard InChI is InChI=1S/C10H19N3/c1-3-13(4-2)10(9-11)5-7-12-8-6-10/h12H,3-8H2,1-2H3. The summed E-state index contributed by atoms with van der Waals surface area (Å²) in [6.45, 7) is 8.16. The first-order valence-corrected chi connectivity index (χ1v) is 5.16. The van der Waals surface area contributed by atoms with E-state index in [0.717, 1.165) is 39.0 Å². The fraction of sp³-hybridized carbons (Fsp3) is 0.900. The predicted molar refractivity (Wildman–Crippen MR) is 53.4 cm³/mol. The van der Waals surface area contributed by atoms with E-state index in [9.17, 15) is 5.26 Å². The topological polar surface area (TPSA) is 39.1 Å². The summed E-state index contributed by atoms with van der Waals surface area (Å²) in [4.78, 5) is 2.29. The van der Waals surface area contributed by atoms with Crippen LogP contribution in [0.5, 0.6) is 0 Å². The van der Waals surface area contributed by atoms with Crippen molar-refractivity contribution >= 4 is 0 Å². The van der Waals surface area contributed by atoms with E-state index < -0.39 is 0 Å². The first-order valence-electron chi connectivity index (χ1n) is 5.16. The summed E-state index contributed by atoms with van der Waals surface area (Å²) in [5.41, 5.74) is -0.186. The summed E-state index contributed by atoms with van der Waals surface area (Å²) in [5, 5.41) is 12.6. The second-order valence-corrected chi connectivity index (χ2v) is 3.57. The zero-order valence-corrected chi connectivity index (χ0v) is 8.64. The molecule has 0 bridgehead atoms. The van der Waals surface area contributed by atoms with Gasteiger partial charge in [0.05, 0.1) is 6.07 Å². The van der Waals surface area contributed by atoms with Crippen molar-refractivity contribution in [3.8, 4) is 6.07 Å². The molecule has 1 fully saturated rings. The molecule has 1 heterocycles. The Balaban J connectivity index is 2.72. The maximum atomic E-state index is 9.25. The Morgan fingerprint density at radius 3 is 2.23 bits per heavy atom. The van der Waals surface area contributed by atoms with Crippen LogP contribution in [0.4, 0.5) is 0 Å². The zero-order valence-electron chi connectivity index (χ0n) is 8.64. The molecule has 3 nitrogen and oxygen atoms in total. The van der Waals surface area contributed by atoms with Crippen molar-refractivity contribution in [2.45, 2.75) is 32.2 Å². The van der Waals surface area contributed by atoms with Gasteiger partial charge in [0.2, 0.25) is 0 Å². The first kappa shape index (κ1) is 10.5. The van der Waals surface area contributed by atoms with E-state index >= 15 is 0 Å². The fourth-order valence-electron chi connectivity index (χ4n) is 2.17. The van der Waals surface area contributed by atoms with Gasteiger partial charge in [0.25, 0.3) is 0 Å². The van der Waals surface area contributed by atoms with Crippen molar-refractivity contribution in [3.05, 3.63) is 0 Å². The number of rotatable bonds is 3. The normalized spacial score (nSPS) is 21.4. The summed E-state index contributed by atoms with van der Waals surface area (Å²) < 4.78 is 0. The SMILES string of the molecule is CCN(CC)C1(C#N)CCNCC1. The van der Waals surface area contributed by atoms with Crippen LogP contribution in [0.15, 0.2) is 0 Å². The molecule has 0 aromatic heterocycles. The minimum Gasteiger partial charge on any atom is -0.317 e. The van der Waals surface area contributed by atoms with E-state index in [4.69, 9.17) is 0 Å². The van der Waals surface area contributed by atoms with E-state index in [1.54, 1.807) is 0 Å². The quantitative estimate of drug-likeness (QED) is 0.705. The van der Waals surface area contributed by atoms with Gasteiger partial charge < -0.3 is 5.32 Å². The summed E-state index contributed by atoms with van der Waals surface area (Å²) >= 11 is 0. The Morgan fingerprint density at radius 2 is 1.85 bits per heavy atom. The molecule has 0 aromatic rings. The third-order valence-electron chi connectivity index (χ3n) is 3.01. The average Bonchev–Trinajstić information content (AvgIpc) is 2.21. The van der Waals surface area contributed by atoms with Crippen LogP contribution in [0.3, 0.4) is 0 Å². The van der Waals surface area contributed by atoms with E-state index in [2.05, 4.69) is 30.1 Å². The van der Waals surface area contributed by atoms with E-state index in [-0.39, 0.29) is 5.54 Å². The number of nitrogens with one attached hydrogen (secondary N) is 1. The Kier molecular flexibility index (Phi) is 3.71. The second kappa shape index (κ2) is 4.59. The second-order valence-electron chi connectivity index (χ2n) is 3.57. The largest absolute Gasteiger partial charge is 0.317 e. The van der Waals surface area contributed by atoms with Gasteiger partial charge in [-0.3, -0.25) is 4.90 Å². The number of piperidine rings is 1. The molecule has 1 rings (SSSR count). The van der Waals surface area contributed by atoms with Gasteiger partial charge >= 0.3 is 0 Å². The minimum atomic E-state index is -0.186. The van der Waals surface area contributed by atoms with E-state index in [1.807, 2.05) is 0 Å². The van der Waals surface area contributed by atoms with Crippen molar-refractivity contribution in [2.75, 3.05) is 26.2 Å². The lowest BCUT2D eigenvalue weighted by molar-refractivity contribution is 0.117. The lowest BCUT2D eigenvalue weighted by atomic mass is 9.88. The highest BCUT2D eigenvalue weighted by Crippen LogP contribution is 2.24. The Bertz CT molecular complexity index is 185. The Labute approximate surface area is 80.7 Å². The smallest absolute Gasteiger partial charge is 0.111 e. The molecule has 0 aliphatic carbocycles. The molecule has 1 aliphatic heterocycles. The molecule has 3 heteroatoms. The molecule has 0 atom stereocenters. The van der Waals surface area contributed by atoms with Crippen LogP contribution in [-0.4, -0.2) is 36.6 Å². The maximum absolute atomic E-state index is 9.25. The lowest BCUT2D eigenvalue weighted by Crippen LogP contribution is -2.53. The van der Waals surface area contributed by atoms with Crippen LogP contribution in [0, 0.1) is 11.3 Å². The number of hydrogen-bond acceptors (Lipinski definition) is 3. The van der Waals surface area contributed by atoms with E-state index in [1.165, 1.54) is 0 Å². The Hall–Kier alpha value is -0.590. The van der Waals surface area contributed by atoms with Crippen LogP contribution in [0.1, 0.15) is 26.7 Å². The van der Waals surface area contributed by atoms with Crippen LogP contribution < -0.4 is 5.32 Å². The molecule has 1 saturated heterocycles. The molecule has 0 amide bonds. The van der Waals surface area contributed by atoms with Gasteiger partial charge in [-0.05, 0) is 39.0 Å². The van der Waals surface area contributed by atoms with E-state index in [0.29, 0.717) is 0 Å². The number of nitriles is 1. The van der Waals surface area contributed by atoms with Crippen LogP contribution in [0.25, 0.3) is 0 Å². The summed E-state index contributed by atoms with van der Waals surface area (Å²) in [7, 11) is 0. The summed E-state index contributed by atoms with van der Waals surface area (Å²) in [6.07, 6.45) is 1.93. The van der Waals surface area contributed by atoms with Crippen molar-refractivity contribution in [1.29, 1.82) is 5.26 Å². The molecule has 1 aliphatic rings. The van der Waals surface area contributed by atoms with Crippen LogP contribution in [-0.2, 0) is 0 Å². The fourth-order valence-corrected chi connectivity index (χ4v) is 2.17. The zero-order chi connectivity index (χ0) is 9.73. The molecule has 0 radical (unpaired) electrons. The predicted octanol–water partition coefficient (Wildman–Crippen LogP) is 0.974. The molecular formula is C10H19N3. The highest BCUT2D eigenvalue weighted by Gasteiger charge is 2.36. The highest BCUT2D eigenvalue weighted by atomic mass is 15.2. The molecule has 0 aromatic carbocycles. The van der Waals surface area contributed by atoms with Gasteiger partial charge in [0, 0.05) is 0 Å². The molecule has 74 valence electrons. The molecule has 0 saturated carbocycles. The average molecular weight is 181 g/mol. The van der Waals surface area contributed by atoms with Crippen LogP contribution in [0.2, 0.25) is 0 Å². The van der Waals surface area contributed by atoms with Gasteiger partial charge in [-0.2, -0.15) is 5.26 Å². The molecule has 13 heavy (non-hydrogen) atoms. The molecule has 0 spiro atoms. The maximum Gasteiger partial charge on any atom is 0.111 e. The van der Waals surface area contributed by atoms with Crippen molar-refractivity contribution in [1.82, 2.24) is 10.2 Å². The summed E-state index contributed by atoms with van der Waals surface area (Å²) in [5.74, 6) is 0. The van der Waals surface area contributed by atoms with Gasteiger partial charge in [0.1, 0.15) is 5.54 Å². The first-order chi connectivity index (χ1) is 6.29. The Morgan fingerprint density at radius 1 is 1.31 bits per heavy atom.